The molecule has 0 fully saturated rings. The highest BCUT2D eigenvalue weighted by molar-refractivity contribution is 7.11. The molecule has 0 radical (unpaired) electrons. The van der Waals surface area contributed by atoms with Gasteiger partial charge in [-0.3, -0.25) is 0 Å². The molecule has 0 saturated carbocycles. The minimum atomic E-state index is 1.32. The Labute approximate surface area is 114 Å². The summed E-state index contributed by atoms with van der Waals surface area (Å²) in [5.74, 6) is 0. The number of fused-ring (bicyclic) bond motifs is 6. The molecule has 0 aliphatic heterocycles. The highest BCUT2D eigenvalue weighted by atomic mass is 32.1. The smallest absolute Gasteiger partial charge is 0.0677 e. The molecule has 0 bridgehead atoms. The van der Waals surface area contributed by atoms with E-state index in [4.69, 9.17) is 0 Å². The van der Waals surface area contributed by atoms with Crippen LogP contribution in [0.3, 0.4) is 0 Å². The average molecular weight is 261 g/mol. The SMILES string of the molecule is Cc1scc2c3cccc4c5ccccc5n(c12)c43. The van der Waals surface area contributed by atoms with Crippen LogP contribution in [0.25, 0.3) is 38.1 Å². The summed E-state index contributed by atoms with van der Waals surface area (Å²) in [6.45, 7) is 2.22. The molecule has 2 heteroatoms. The highest BCUT2D eigenvalue weighted by Crippen LogP contribution is 2.41. The molecule has 2 aromatic carbocycles. The largest absolute Gasteiger partial charge is 0.307 e. The lowest BCUT2D eigenvalue weighted by molar-refractivity contribution is 1.36. The Kier molecular flexibility index (Phi) is 1.60. The van der Waals surface area contributed by atoms with Crippen LogP contribution in [0, 0.1) is 6.92 Å². The van der Waals surface area contributed by atoms with E-state index < -0.39 is 0 Å². The van der Waals surface area contributed by atoms with E-state index in [2.05, 4.69) is 59.2 Å². The average Bonchev–Trinajstić information content (AvgIpc) is 3.07. The van der Waals surface area contributed by atoms with Gasteiger partial charge in [-0.2, -0.15) is 0 Å². The van der Waals surface area contributed by atoms with Gasteiger partial charge in [0.05, 0.1) is 16.6 Å². The lowest BCUT2D eigenvalue weighted by Gasteiger charge is -1.94. The molecule has 90 valence electrons. The number of hydrogen-bond acceptors (Lipinski definition) is 1. The minimum absolute atomic E-state index is 1.32. The Morgan fingerprint density at radius 3 is 2.42 bits per heavy atom. The van der Waals surface area contributed by atoms with E-state index in [1.54, 1.807) is 0 Å². The van der Waals surface area contributed by atoms with Gasteiger partial charge in [0.2, 0.25) is 0 Å². The molecule has 0 atom stereocenters. The van der Waals surface area contributed by atoms with Gasteiger partial charge < -0.3 is 4.40 Å². The zero-order valence-electron chi connectivity index (χ0n) is 10.5. The van der Waals surface area contributed by atoms with Crippen LogP contribution in [0.4, 0.5) is 0 Å². The molecule has 1 nitrogen and oxygen atoms in total. The molecule has 5 aromatic rings. The second-order valence-corrected chi connectivity index (χ2v) is 6.19. The predicted octanol–water partition coefficient (Wildman–Crippen LogP) is 5.21. The van der Waals surface area contributed by atoms with E-state index >= 15 is 0 Å². The standard InChI is InChI=1S/C17H11NS/c1-10-16-14(9-19-10)13-7-4-6-12-11-5-2-3-8-15(11)18(16)17(12)13/h2-9H,1H3. The van der Waals surface area contributed by atoms with Gasteiger partial charge in [0.1, 0.15) is 0 Å². The number of rotatable bonds is 0. The third-order valence-corrected chi connectivity index (χ3v) is 5.05. The van der Waals surface area contributed by atoms with Crippen molar-refractivity contribution in [3.63, 3.8) is 0 Å². The number of benzene rings is 2. The predicted molar refractivity (Wildman–Crippen MR) is 83.7 cm³/mol. The van der Waals surface area contributed by atoms with E-state index in [1.165, 1.54) is 43.0 Å². The number of aryl methyl sites for hydroxylation is 1. The first kappa shape index (κ1) is 9.82. The van der Waals surface area contributed by atoms with Gasteiger partial charge in [-0.1, -0.05) is 36.4 Å². The van der Waals surface area contributed by atoms with E-state index in [0.29, 0.717) is 0 Å². The summed E-state index contributed by atoms with van der Waals surface area (Å²) in [4.78, 5) is 1.40. The maximum absolute atomic E-state index is 2.45. The van der Waals surface area contributed by atoms with Crippen molar-refractivity contribution in [2.24, 2.45) is 0 Å². The first-order valence-electron chi connectivity index (χ1n) is 6.47. The third-order valence-electron chi connectivity index (χ3n) is 4.15. The molecule has 0 spiro atoms. The first-order valence-corrected chi connectivity index (χ1v) is 7.35. The molecule has 3 heterocycles. The number of thiophene rings is 1. The van der Waals surface area contributed by atoms with Crippen LogP contribution < -0.4 is 0 Å². The number of aromatic nitrogens is 1. The lowest BCUT2D eigenvalue weighted by Crippen LogP contribution is -1.79. The van der Waals surface area contributed by atoms with Crippen molar-refractivity contribution in [1.82, 2.24) is 4.40 Å². The molecule has 0 N–H and O–H groups in total. The van der Waals surface area contributed by atoms with Crippen molar-refractivity contribution in [3.05, 3.63) is 52.7 Å². The highest BCUT2D eigenvalue weighted by Gasteiger charge is 2.18. The molecule has 0 aliphatic carbocycles. The number of nitrogens with zero attached hydrogens (tertiary/aromatic N) is 1. The van der Waals surface area contributed by atoms with Crippen LogP contribution in [-0.2, 0) is 0 Å². The Morgan fingerprint density at radius 1 is 0.789 bits per heavy atom. The van der Waals surface area contributed by atoms with Gasteiger partial charge in [-0.05, 0) is 13.0 Å². The number of hydrogen-bond donors (Lipinski definition) is 0. The van der Waals surface area contributed by atoms with E-state index in [9.17, 15) is 0 Å². The van der Waals surface area contributed by atoms with Crippen LogP contribution in [0.15, 0.2) is 47.8 Å². The van der Waals surface area contributed by atoms with Gasteiger partial charge in [0, 0.05) is 31.8 Å². The van der Waals surface area contributed by atoms with Crippen molar-refractivity contribution in [2.75, 3.05) is 0 Å². The second kappa shape index (κ2) is 3.09. The van der Waals surface area contributed by atoms with Gasteiger partial charge in [-0.25, -0.2) is 0 Å². The van der Waals surface area contributed by atoms with Gasteiger partial charge in [0.25, 0.3) is 0 Å². The van der Waals surface area contributed by atoms with Crippen molar-refractivity contribution in [3.8, 4) is 0 Å². The molecule has 19 heavy (non-hydrogen) atoms. The maximum atomic E-state index is 2.45. The van der Waals surface area contributed by atoms with Crippen LogP contribution in [-0.4, -0.2) is 4.40 Å². The van der Waals surface area contributed by atoms with Gasteiger partial charge in [0.15, 0.2) is 0 Å². The summed E-state index contributed by atoms with van der Waals surface area (Å²) in [5.41, 5.74) is 4.09. The fourth-order valence-corrected chi connectivity index (χ4v) is 4.23. The fourth-order valence-electron chi connectivity index (χ4n) is 3.39. The molecular weight excluding hydrogens is 250 g/mol. The zero-order valence-corrected chi connectivity index (χ0v) is 11.3. The Hall–Kier alpha value is -2.06. The minimum Gasteiger partial charge on any atom is -0.307 e. The normalized spacial score (nSPS) is 12.5. The summed E-state index contributed by atoms with van der Waals surface area (Å²) >= 11 is 1.85. The van der Waals surface area contributed by atoms with Gasteiger partial charge >= 0.3 is 0 Å². The Balaban J connectivity index is 2.34. The van der Waals surface area contributed by atoms with Crippen LogP contribution in [0.5, 0.6) is 0 Å². The molecule has 0 amide bonds. The van der Waals surface area contributed by atoms with Crippen LogP contribution >= 0.6 is 11.3 Å². The summed E-state index contributed by atoms with van der Waals surface area (Å²) < 4.78 is 2.45. The van der Waals surface area contributed by atoms with Gasteiger partial charge in [-0.15, -0.1) is 11.3 Å². The van der Waals surface area contributed by atoms with Crippen molar-refractivity contribution in [2.45, 2.75) is 6.92 Å². The van der Waals surface area contributed by atoms with E-state index in [1.807, 2.05) is 11.3 Å². The third kappa shape index (κ3) is 0.990. The summed E-state index contributed by atoms with van der Waals surface area (Å²) in [7, 11) is 0. The maximum Gasteiger partial charge on any atom is 0.0677 e. The second-order valence-electron chi connectivity index (χ2n) is 5.11. The van der Waals surface area contributed by atoms with E-state index in [-0.39, 0.29) is 0 Å². The topological polar surface area (TPSA) is 4.41 Å². The Morgan fingerprint density at radius 2 is 1.53 bits per heavy atom. The summed E-state index contributed by atoms with van der Waals surface area (Å²) in [5, 5.41) is 7.80. The summed E-state index contributed by atoms with van der Waals surface area (Å²) in [6, 6.07) is 15.4. The van der Waals surface area contributed by atoms with Crippen molar-refractivity contribution < 1.29 is 0 Å². The molecular formula is C17H11NS. The fraction of sp³-hybridized carbons (Fsp3) is 0.0588. The van der Waals surface area contributed by atoms with Crippen molar-refractivity contribution in [1.29, 1.82) is 0 Å². The summed E-state index contributed by atoms with van der Waals surface area (Å²) in [6.07, 6.45) is 0. The quantitative estimate of drug-likeness (QED) is 0.360. The molecule has 0 aliphatic rings. The molecule has 3 aromatic heterocycles. The molecule has 0 unspecified atom stereocenters. The molecule has 5 rings (SSSR count). The van der Waals surface area contributed by atoms with E-state index in [0.717, 1.165) is 0 Å². The molecule has 0 saturated heterocycles. The zero-order chi connectivity index (χ0) is 12.6. The number of para-hydroxylation sites is 2. The lowest BCUT2D eigenvalue weighted by atomic mass is 10.1. The monoisotopic (exact) mass is 261 g/mol. The van der Waals surface area contributed by atoms with Crippen LogP contribution in [0.2, 0.25) is 0 Å². The first-order chi connectivity index (χ1) is 9.36. The van der Waals surface area contributed by atoms with Crippen LogP contribution in [0.1, 0.15) is 4.88 Å². The van der Waals surface area contributed by atoms with Crippen molar-refractivity contribution >= 4 is 49.4 Å². The Bertz CT molecular complexity index is 1060.